The van der Waals surface area contributed by atoms with Gasteiger partial charge in [-0.1, -0.05) is 12.1 Å². The lowest BCUT2D eigenvalue weighted by atomic mass is 10.1. The van der Waals surface area contributed by atoms with Gasteiger partial charge in [0.2, 0.25) is 0 Å². The molecule has 1 N–H and O–H groups in total. The van der Waals surface area contributed by atoms with Gasteiger partial charge >= 0.3 is 0 Å². The quantitative estimate of drug-likeness (QED) is 0.793. The van der Waals surface area contributed by atoms with Gasteiger partial charge in [0.1, 0.15) is 12.1 Å². The van der Waals surface area contributed by atoms with Crippen molar-refractivity contribution in [1.29, 1.82) is 0 Å². The molecule has 1 unspecified atom stereocenters. The first-order chi connectivity index (χ1) is 12.0. The van der Waals surface area contributed by atoms with Crippen molar-refractivity contribution in [3.63, 3.8) is 0 Å². The fourth-order valence-electron chi connectivity index (χ4n) is 3.07. The summed E-state index contributed by atoms with van der Waals surface area (Å²) < 4.78 is 15.3. The number of aromatic nitrogens is 3. The fourth-order valence-corrected chi connectivity index (χ4v) is 3.07. The zero-order chi connectivity index (χ0) is 17.6. The smallest absolute Gasteiger partial charge is 0.274 e. The molecule has 0 radical (unpaired) electrons. The Labute approximate surface area is 144 Å². The first-order valence-corrected chi connectivity index (χ1v) is 8.44. The van der Waals surface area contributed by atoms with Crippen molar-refractivity contribution in [2.45, 2.75) is 32.7 Å². The Bertz CT molecular complexity index is 961. The van der Waals surface area contributed by atoms with Gasteiger partial charge in [-0.3, -0.25) is 9.20 Å². The van der Waals surface area contributed by atoms with Crippen LogP contribution in [0.5, 0.6) is 0 Å². The van der Waals surface area contributed by atoms with Gasteiger partial charge in [-0.2, -0.15) is 0 Å². The molecule has 5 nitrogen and oxygen atoms in total. The van der Waals surface area contributed by atoms with Crippen molar-refractivity contribution < 1.29 is 9.18 Å². The average Bonchev–Trinajstić information content (AvgIpc) is 3.34. The lowest BCUT2D eigenvalue weighted by Crippen LogP contribution is -2.34. The molecule has 6 heteroatoms. The van der Waals surface area contributed by atoms with Gasteiger partial charge < -0.3 is 5.32 Å². The average molecular weight is 338 g/mol. The predicted octanol–water partition coefficient (Wildman–Crippen LogP) is 3.37. The highest BCUT2D eigenvalue weighted by molar-refractivity contribution is 5.98. The number of nitrogens with zero attached hydrogens (tertiary/aromatic N) is 3. The molecule has 1 atom stereocenters. The molecule has 0 bridgehead atoms. The molecule has 2 aromatic heterocycles. The number of fused-ring (bicyclic) bond motifs is 1. The molecule has 128 valence electrons. The Morgan fingerprint density at radius 1 is 1.36 bits per heavy atom. The first kappa shape index (κ1) is 15.7. The molecular formula is C19H19FN4O. The molecule has 4 rings (SSSR count). The second-order valence-electron chi connectivity index (χ2n) is 6.68. The Hall–Kier alpha value is -2.76. The van der Waals surface area contributed by atoms with E-state index < -0.39 is 0 Å². The molecular weight excluding hydrogens is 319 g/mol. The minimum Gasteiger partial charge on any atom is -0.348 e. The molecule has 0 saturated heterocycles. The zero-order valence-electron chi connectivity index (χ0n) is 14.2. The Kier molecular flexibility index (Phi) is 3.75. The Balaban J connectivity index is 1.74. The van der Waals surface area contributed by atoms with Crippen LogP contribution >= 0.6 is 0 Å². The number of benzene rings is 1. The summed E-state index contributed by atoms with van der Waals surface area (Å²) in [5, 5.41) is 3.01. The van der Waals surface area contributed by atoms with Crippen molar-refractivity contribution in [2.75, 3.05) is 0 Å². The van der Waals surface area contributed by atoms with Crippen LogP contribution in [0, 0.1) is 18.7 Å². The normalized spacial score (nSPS) is 15.3. The number of hydrogen-bond acceptors (Lipinski definition) is 3. The van der Waals surface area contributed by atoms with Crippen molar-refractivity contribution in [3.05, 3.63) is 53.9 Å². The summed E-state index contributed by atoms with van der Waals surface area (Å²) in [6.45, 7) is 3.93. The van der Waals surface area contributed by atoms with Crippen LogP contribution in [-0.4, -0.2) is 26.3 Å². The summed E-state index contributed by atoms with van der Waals surface area (Å²) in [7, 11) is 0. The van der Waals surface area contributed by atoms with Gasteiger partial charge in [-0.05, 0) is 50.8 Å². The number of carbonyl (C=O) groups is 1. The van der Waals surface area contributed by atoms with Crippen LogP contribution in [0.15, 0.2) is 36.7 Å². The van der Waals surface area contributed by atoms with E-state index in [2.05, 4.69) is 15.3 Å². The highest BCUT2D eigenvalue weighted by Crippen LogP contribution is 2.32. The van der Waals surface area contributed by atoms with Crippen LogP contribution in [0.4, 0.5) is 4.39 Å². The van der Waals surface area contributed by atoms with E-state index in [1.165, 1.54) is 12.1 Å². The maximum atomic E-state index is 13.5. The van der Waals surface area contributed by atoms with Crippen molar-refractivity contribution in [2.24, 2.45) is 5.92 Å². The number of amides is 1. The third-order valence-corrected chi connectivity index (χ3v) is 4.72. The largest absolute Gasteiger partial charge is 0.348 e. The number of hydrogen-bond donors (Lipinski definition) is 1. The van der Waals surface area contributed by atoms with Gasteiger partial charge in [0, 0.05) is 17.3 Å². The monoisotopic (exact) mass is 338 g/mol. The summed E-state index contributed by atoms with van der Waals surface area (Å²) >= 11 is 0. The number of imidazole rings is 1. The summed E-state index contributed by atoms with van der Waals surface area (Å²) in [5.74, 6) is 0.0298. The Morgan fingerprint density at radius 3 is 2.88 bits per heavy atom. The maximum absolute atomic E-state index is 13.5. The van der Waals surface area contributed by atoms with E-state index in [0.717, 1.165) is 18.5 Å². The number of aryl methyl sites for hydroxylation is 1. The van der Waals surface area contributed by atoms with Gasteiger partial charge in [0.25, 0.3) is 5.91 Å². The molecule has 1 fully saturated rings. The van der Waals surface area contributed by atoms with E-state index in [1.54, 1.807) is 22.9 Å². The van der Waals surface area contributed by atoms with E-state index in [9.17, 15) is 9.18 Å². The topological polar surface area (TPSA) is 59.3 Å². The maximum Gasteiger partial charge on any atom is 0.274 e. The summed E-state index contributed by atoms with van der Waals surface area (Å²) in [6.07, 6.45) is 3.92. The van der Waals surface area contributed by atoms with Crippen molar-refractivity contribution in [1.82, 2.24) is 19.7 Å². The number of halogens is 1. The minimum atomic E-state index is -0.318. The van der Waals surface area contributed by atoms with Crippen molar-refractivity contribution in [3.8, 4) is 11.3 Å². The second kappa shape index (κ2) is 5.95. The van der Waals surface area contributed by atoms with E-state index in [-0.39, 0.29) is 17.8 Å². The highest BCUT2D eigenvalue weighted by atomic mass is 19.1. The molecule has 1 aliphatic rings. The molecule has 1 amide bonds. The van der Waals surface area contributed by atoms with Gasteiger partial charge in [-0.15, -0.1) is 0 Å². The zero-order valence-corrected chi connectivity index (χ0v) is 14.2. The lowest BCUT2D eigenvalue weighted by Gasteiger charge is -2.12. The van der Waals surface area contributed by atoms with Crippen LogP contribution < -0.4 is 5.32 Å². The molecule has 1 aromatic carbocycles. The number of carbonyl (C=O) groups excluding carboxylic acids is 1. The molecule has 0 spiro atoms. The molecule has 3 aromatic rings. The minimum absolute atomic E-state index is 0.136. The predicted molar refractivity (Wildman–Crippen MR) is 92.8 cm³/mol. The Morgan fingerprint density at radius 2 is 2.16 bits per heavy atom. The molecule has 25 heavy (non-hydrogen) atoms. The third kappa shape index (κ3) is 2.99. The molecule has 1 saturated carbocycles. The van der Waals surface area contributed by atoms with Gasteiger partial charge in [-0.25, -0.2) is 14.4 Å². The van der Waals surface area contributed by atoms with Crippen molar-refractivity contribution >= 4 is 11.6 Å². The van der Waals surface area contributed by atoms with E-state index in [0.29, 0.717) is 28.5 Å². The highest BCUT2D eigenvalue weighted by Gasteiger charge is 2.30. The van der Waals surface area contributed by atoms with Gasteiger partial charge in [0.15, 0.2) is 11.3 Å². The summed E-state index contributed by atoms with van der Waals surface area (Å²) in [6, 6.07) is 8.27. The summed E-state index contributed by atoms with van der Waals surface area (Å²) in [5.41, 5.74) is 2.96. The lowest BCUT2D eigenvalue weighted by molar-refractivity contribution is 0.0933. The van der Waals surface area contributed by atoms with Crippen LogP contribution in [0.3, 0.4) is 0 Å². The van der Waals surface area contributed by atoms with E-state index in [4.69, 9.17) is 0 Å². The van der Waals surface area contributed by atoms with Crippen LogP contribution in [0.25, 0.3) is 16.9 Å². The van der Waals surface area contributed by atoms with Crippen LogP contribution in [0.1, 0.15) is 35.9 Å². The number of rotatable bonds is 4. The molecule has 1 aliphatic carbocycles. The molecule has 0 aliphatic heterocycles. The standard InChI is InChI=1S/C19H19FN4O/c1-11-8-16(14-4-3-5-15(20)9-14)23-18-17(21-10-24(11)18)19(25)22-12(2)13-6-7-13/h3-5,8-10,12-13H,6-7H2,1-2H3,(H,22,25). The van der Waals surface area contributed by atoms with Crippen LogP contribution in [0.2, 0.25) is 0 Å². The first-order valence-electron chi connectivity index (χ1n) is 8.44. The second-order valence-corrected chi connectivity index (χ2v) is 6.68. The van der Waals surface area contributed by atoms with E-state index in [1.807, 2.05) is 19.9 Å². The third-order valence-electron chi connectivity index (χ3n) is 4.72. The molecule has 2 heterocycles. The summed E-state index contributed by atoms with van der Waals surface area (Å²) in [4.78, 5) is 21.4. The number of nitrogens with one attached hydrogen (secondary N) is 1. The fraction of sp³-hybridized carbons (Fsp3) is 0.316. The van der Waals surface area contributed by atoms with Crippen LogP contribution in [-0.2, 0) is 0 Å². The SMILES string of the molecule is Cc1cc(-c2cccc(F)c2)nc2c(C(=O)NC(C)C3CC3)ncn12. The van der Waals surface area contributed by atoms with E-state index >= 15 is 0 Å². The van der Waals surface area contributed by atoms with Gasteiger partial charge in [0.05, 0.1) is 5.69 Å².